The maximum absolute atomic E-state index is 13.0. The van der Waals surface area contributed by atoms with Crippen LogP contribution in [0.4, 0.5) is 10.1 Å². The molecule has 0 saturated carbocycles. The summed E-state index contributed by atoms with van der Waals surface area (Å²) in [5.41, 5.74) is 5.49. The summed E-state index contributed by atoms with van der Waals surface area (Å²) >= 11 is 3.07. The standard InChI is InChI=1S/C13H10BrFN2O3S/c14-11-7-9(15)3-6-12(11)17-21(19,20)10-4-1-8(2-5-10)13(16)18/h1-7,17H,(H2,16,18). The number of benzene rings is 2. The second-order valence-electron chi connectivity index (χ2n) is 4.12. The third-order valence-corrected chi connectivity index (χ3v) is 4.66. The molecule has 0 aliphatic rings. The van der Waals surface area contributed by atoms with Crippen molar-refractivity contribution in [2.24, 2.45) is 5.73 Å². The monoisotopic (exact) mass is 372 g/mol. The maximum Gasteiger partial charge on any atom is 0.261 e. The first-order valence-electron chi connectivity index (χ1n) is 5.67. The predicted octanol–water partition coefficient (Wildman–Crippen LogP) is 2.49. The number of anilines is 1. The Balaban J connectivity index is 2.31. The summed E-state index contributed by atoms with van der Waals surface area (Å²) < 4.78 is 39.9. The topological polar surface area (TPSA) is 89.3 Å². The lowest BCUT2D eigenvalue weighted by atomic mass is 10.2. The van der Waals surface area contributed by atoms with E-state index in [0.29, 0.717) is 0 Å². The van der Waals surface area contributed by atoms with Gasteiger partial charge in [-0.2, -0.15) is 0 Å². The Morgan fingerprint density at radius 3 is 2.29 bits per heavy atom. The van der Waals surface area contributed by atoms with Gasteiger partial charge in [0, 0.05) is 10.0 Å². The van der Waals surface area contributed by atoms with Crippen LogP contribution in [0.1, 0.15) is 10.4 Å². The molecule has 1 amide bonds. The van der Waals surface area contributed by atoms with Crippen LogP contribution < -0.4 is 10.5 Å². The number of sulfonamides is 1. The Morgan fingerprint density at radius 1 is 1.14 bits per heavy atom. The molecule has 0 spiro atoms. The smallest absolute Gasteiger partial charge is 0.261 e. The van der Waals surface area contributed by atoms with E-state index < -0.39 is 21.7 Å². The molecule has 110 valence electrons. The molecular weight excluding hydrogens is 363 g/mol. The van der Waals surface area contributed by atoms with Crippen LogP contribution in [0.5, 0.6) is 0 Å². The van der Waals surface area contributed by atoms with Crippen LogP contribution in [-0.4, -0.2) is 14.3 Å². The minimum Gasteiger partial charge on any atom is -0.366 e. The molecule has 21 heavy (non-hydrogen) atoms. The van der Waals surface area contributed by atoms with Gasteiger partial charge in [0.2, 0.25) is 5.91 Å². The average molecular weight is 373 g/mol. The number of primary amides is 1. The summed E-state index contributed by atoms with van der Waals surface area (Å²) in [7, 11) is -3.85. The van der Waals surface area contributed by atoms with Crippen LogP contribution in [-0.2, 0) is 10.0 Å². The molecule has 8 heteroatoms. The van der Waals surface area contributed by atoms with Crippen molar-refractivity contribution < 1.29 is 17.6 Å². The molecule has 0 saturated heterocycles. The SMILES string of the molecule is NC(=O)c1ccc(S(=O)(=O)Nc2ccc(F)cc2Br)cc1. The largest absolute Gasteiger partial charge is 0.366 e. The highest BCUT2D eigenvalue weighted by Gasteiger charge is 2.16. The highest BCUT2D eigenvalue weighted by Crippen LogP contribution is 2.25. The lowest BCUT2D eigenvalue weighted by Gasteiger charge is -2.10. The first-order valence-corrected chi connectivity index (χ1v) is 7.95. The van der Waals surface area contributed by atoms with Gasteiger partial charge in [-0.05, 0) is 58.4 Å². The average Bonchev–Trinajstić information content (AvgIpc) is 2.42. The number of hydrogen-bond donors (Lipinski definition) is 2. The molecule has 0 heterocycles. The molecule has 0 bridgehead atoms. The van der Waals surface area contributed by atoms with Crippen LogP contribution in [0, 0.1) is 5.82 Å². The molecule has 0 aliphatic carbocycles. The fourth-order valence-corrected chi connectivity index (χ4v) is 3.24. The highest BCUT2D eigenvalue weighted by atomic mass is 79.9. The number of nitrogens with one attached hydrogen (secondary N) is 1. The van der Waals surface area contributed by atoms with E-state index in [1.54, 1.807) is 0 Å². The second kappa shape index (κ2) is 5.82. The molecule has 2 rings (SSSR count). The summed E-state index contributed by atoms with van der Waals surface area (Å²) in [6.07, 6.45) is 0. The number of hydrogen-bond acceptors (Lipinski definition) is 3. The zero-order valence-electron chi connectivity index (χ0n) is 10.5. The van der Waals surface area contributed by atoms with Crippen LogP contribution in [0.3, 0.4) is 0 Å². The summed E-state index contributed by atoms with van der Waals surface area (Å²) in [5, 5.41) is 0. The third-order valence-electron chi connectivity index (χ3n) is 2.62. The van der Waals surface area contributed by atoms with Crippen molar-refractivity contribution in [3.8, 4) is 0 Å². The summed E-state index contributed by atoms with van der Waals surface area (Å²) in [4.78, 5) is 10.9. The van der Waals surface area contributed by atoms with E-state index in [1.807, 2.05) is 0 Å². The van der Waals surface area contributed by atoms with Gasteiger partial charge in [0.25, 0.3) is 10.0 Å². The van der Waals surface area contributed by atoms with Crippen molar-refractivity contribution in [2.75, 3.05) is 4.72 Å². The van der Waals surface area contributed by atoms with E-state index in [0.717, 1.165) is 12.1 Å². The zero-order valence-corrected chi connectivity index (χ0v) is 12.9. The number of nitrogens with two attached hydrogens (primary N) is 1. The van der Waals surface area contributed by atoms with E-state index in [1.165, 1.54) is 30.3 Å². The van der Waals surface area contributed by atoms with E-state index >= 15 is 0 Å². The number of carbonyl (C=O) groups excluding carboxylic acids is 1. The first kappa shape index (κ1) is 15.5. The normalized spacial score (nSPS) is 11.1. The van der Waals surface area contributed by atoms with Crippen LogP contribution in [0.2, 0.25) is 0 Å². The number of carbonyl (C=O) groups is 1. The van der Waals surface area contributed by atoms with Crippen molar-refractivity contribution in [1.29, 1.82) is 0 Å². The van der Waals surface area contributed by atoms with Gasteiger partial charge in [-0.15, -0.1) is 0 Å². The lowest BCUT2D eigenvalue weighted by molar-refractivity contribution is 0.1000. The molecular formula is C13H10BrFN2O3S. The quantitative estimate of drug-likeness (QED) is 0.863. The molecule has 0 aromatic heterocycles. The Kier molecular flexibility index (Phi) is 4.29. The van der Waals surface area contributed by atoms with Gasteiger partial charge in [-0.1, -0.05) is 0 Å². The van der Waals surface area contributed by atoms with E-state index in [2.05, 4.69) is 20.7 Å². The number of halogens is 2. The van der Waals surface area contributed by atoms with Crippen molar-refractivity contribution >= 4 is 37.5 Å². The highest BCUT2D eigenvalue weighted by molar-refractivity contribution is 9.10. The molecule has 0 fully saturated rings. The molecule has 3 N–H and O–H groups in total. The molecule has 0 unspecified atom stereocenters. The molecule has 2 aromatic carbocycles. The lowest BCUT2D eigenvalue weighted by Crippen LogP contribution is -2.15. The Bertz CT molecular complexity index is 792. The maximum atomic E-state index is 13.0. The van der Waals surface area contributed by atoms with Crippen LogP contribution in [0.15, 0.2) is 51.8 Å². The van der Waals surface area contributed by atoms with Crippen molar-refractivity contribution in [1.82, 2.24) is 0 Å². The second-order valence-corrected chi connectivity index (χ2v) is 6.66. The van der Waals surface area contributed by atoms with Gasteiger partial charge in [0.05, 0.1) is 10.6 Å². The van der Waals surface area contributed by atoms with Gasteiger partial charge in [0.1, 0.15) is 5.82 Å². The fraction of sp³-hybridized carbons (Fsp3) is 0. The van der Waals surface area contributed by atoms with Gasteiger partial charge >= 0.3 is 0 Å². The van der Waals surface area contributed by atoms with Gasteiger partial charge in [0.15, 0.2) is 0 Å². The van der Waals surface area contributed by atoms with Crippen molar-refractivity contribution in [3.63, 3.8) is 0 Å². The van der Waals surface area contributed by atoms with Gasteiger partial charge in [-0.25, -0.2) is 12.8 Å². The minimum absolute atomic E-state index is 0.0382. The Labute approximate surface area is 129 Å². The molecule has 0 atom stereocenters. The summed E-state index contributed by atoms with van der Waals surface area (Å²) in [5.74, 6) is -1.14. The minimum atomic E-state index is -3.85. The van der Waals surface area contributed by atoms with Gasteiger partial charge in [-0.3, -0.25) is 9.52 Å². The van der Waals surface area contributed by atoms with E-state index in [4.69, 9.17) is 5.73 Å². The van der Waals surface area contributed by atoms with Crippen LogP contribution >= 0.6 is 15.9 Å². The number of amides is 1. The Hall–Kier alpha value is -1.93. The van der Waals surface area contributed by atoms with Crippen molar-refractivity contribution in [3.05, 3.63) is 58.3 Å². The van der Waals surface area contributed by atoms with Gasteiger partial charge < -0.3 is 5.73 Å². The molecule has 0 radical (unpaired) electrons. The summed E-state index contributed by atoms with van der Waals surface area (Å²) in [6, 6.07) is 8.74. The van der Waals surface area contributed by atoms with Crippen molar-refractivity contribution in [2.45, 2.75) is 4.90 Å². The van der Waals surface area contributed by atoms with Crippen LogP contribution in [0.25, 0.3) is 0 Å². The fourth-order valence-electron chi connectivity index (χ4n) is 1.57. The molecule has 5 nitrogen and oxygen atoms in total. The van der Waals surface area contributed by atoms with E-state index in [-0.39, 0.29) is 20.6 Å². The third kappa shape index (κ3) is 3.59. The number of rotatable bonds is 4. The molecule has 0 aliphatic heterocycles. The Morgan fingerprint density at radius 2 is 1.76 bits per heavy atom. The zero-order chi connectivity index (χ0) is 15.6. The predicted molar refractivity (Wildman–Crippen MR) is 79.9 cm³/mol. The summed E-state index contributed by atoms with van der Waals surface area (Å²) in [6.45, 7) is 0. The first-order chi connectivity index (χ1) is 9.79. The molecule has 2 aromatic rings. The van der Waals surface area contributed by atoms with E-state index in [9.17, 15) is 17.6 Å².